The molecule has 4 rings (SSSR count). The van der Waals surface area contributed by atoms with Gasteiger partial charge in [0.25, 0.3) is 5.91 Å². The number of hydrogen-bond donors (Lipinski definition) is 1. The summed E-state index contributed by atoms with van der Waals surface area (Å²) < 4.78 is 10.1. The Morgan fingerprint density at radius 3 is 2.53 bits per heavy atom. The van der Waals surface area contributed by atoms with Gasteiger partial charge < -0.3 is 24.6 Å². The van der Waals surface area contributed by atoms with Crippen LogP contribution in [0.3, 0.4) is 0 Å². The maximum absolute atomic E-state index is 12.6. The van der Waals surface area contributed by atoms with Crippen LogP contribution in [0.15, 0.2) is 30.6 Å². The summed E-state index contributed by atoms with van der Waals surface area (Å²) in [7, 11) is 2.97. The van der Waals surface area contributed by atoms with E-state index in [0.717, 1.165) is 59.2 Å². The van der Waals surface area contributed by atoms with Crippen LogP contribution in [0.4, 0.5) is 11.5 Å². The number of nitrogens with zero attached hydrogens (tertiary/aromatic N) is 4. The van der Waals surface area contributed by atoms with Crippen LogP contribution in [0, 0.1) is 6.92 Å². The second kappa shape index (κ2) is 9.39. The van der Waals surface area contributed by atoms with Crippen LogP contribution < -0.4 is 19.9 Å². The lowest BCUT2D eigenvalue weighted by molar-refractivity contribution is -0.139. The molecule has 0 saturated carbocycles. The van der Waals surface area contributed by atoms with Crippen LogP contribution in [0.2, 0.25) is 0 Å². The Balaban J connectivity index is 1.55. The second-order valence-corrected chi connectivity index (χ2v) is 8.34. The zero-order valence-electron chi connectivity index (χ0n) is 18.3. The molecule has 0 radical (unpaired) electrons. The van der Waals surface area contributed by atoms with Gasteiger partial charge in [0.05, 0.1) is 30.2 Å². The van der Waals surface area contributed by atoms with Crippen molar-refractivity contribution in [3.63, 3.8) is 0 Å². The van der Waals surface area contributed by atoms with E-state index in [4.69, 9.17) is 4.74 Å². The number of ether oxygens (including phenoxy) is 2. The van der Waals surface area contributed by atoms with Crippen molar-refractivity contribution in [3.05, 3.63) is 41.0 Å². The molecule has 32 heavy (non-hydrogen) atoms. The van der Waals surface area contributed by atoms with Gasteiger partial charge in [-0.05, 0) is 24.6 Å². The number of nitrogens with one attached hydrogen (secondary N) is 1. The number of thiophene rings is 1. The Morgan fingerprint density at radius 2 is 1.81 bits per heavy atom. The maximum atomic E-state index is 12.6. The highest BCUT2D eigenvalue weighted by Gasteiger charge is 2.25. The third kappa shape index (κ3) is 4.18. The van der Waals surface area contributed by atoms with Gasteiger partial charge >= 0.3 is 5.97 Å². The standard InChI is InChI=1S/C22H25N5O4S/c1-14-18-20(24-13-25-22(18)32-19(14)21(29)23-12-17(28)31-3)27-10-8-26(9-11-27)15-6-4-5-7-16(15)30-2/h4-7,13H,8-12H2,1-3H3,(H,23,29). The summed E-state index contributed by atoms with van der Waals surface area (Å²) in [6.45, 7) is 4.92. The summed E-state index contributed by atoms with van der Waals surface area (Å²) in [4.78, 5) is 38.7. The Kier molecular flexibility index (Phi) is 6.40. The fraction of sp³-hybridized carbons (Fsp3) is 0.364. The van der Waals surface area contributed by atoms with E-state index in [2.05, 4.69) is 35.9 Å². The molecule has 3 aromatic rings. The van der Waals surface area contributed by atoms with Crippen molar-refractivity contribution in [1.82, 2.24) is 15.3 Å². The number of rotatable bonds is 6. The average molecular weight is 456 g/mol. The summed E-state index contributed by atoms with van der Waals surface area (Å²) in [5, 5.41) is 3.48. The fourth-order valence-electron chi connectivity index (χ4n) is 3.86. The number of carbonyl (C=O) groups excluding carboxylic acids is 2. The minimum absolute atomic E-state index is 0.174. The molecule has 10 heteroatoms. The number of benzene rings is 1. The molecule has 1 aromatic carbocycles. The van der Waals surface area contributed by atoms with Gasteiger partial charge in [0.2, 0.25) is 0 Å². The molecular formula is C22H25N5O4S. The molecule has 2 aromatic heterocycles. The lowest BCUT2D eigenvalue weighted by Gasteiger charge is -2.37. The monoisotopic (exact) mass is 455 g/mol. The van der Waals surface area contributed by atoms with E-state index in [0.29, 0.717) is 4.88 Å². The van der Waals surface area contributed by atoms with E-state index in [1.54, 1.807) is 7.11 Å². The molecule has 9 nitrogen and oxygen atoms in total. The highest BCUT2D eigenvalue weighted by atomic mass is 32.1. The molecule has 1 saturated heterocycles. The van der Waals surface area contributed by atoms with Gasteiger partial charge in [-0.2, -0.15) is 0 Å². The van der Waals surface area contributed by atoms with Crippen molar-refractivity contribution in [2.24, 2.45) is 0 Å². The maximum Gasteiger partial charge on any atom is 0.325 e. The van der Waals surface area contributed by atoms with Gasteiger partial charge in [-0.25, -0.2) is 9.97 Å². The van der Waals surface area contributed by atoms with Crippen LogP contribution in [0.1, 0.15) is 15.2 Å². The Bertz CT molecular complexity index is 1140. The van der Waals surface area contributed by atoms with Crippen LogP contribution in [-0.4, -0.2) is 68.8 Å². The van der Waals surface area contributed by atoms with Gasteiger partial charge in [0, 0.05) is 26.2 Å². The first-order chi connectivity index (χ1) is 15.5. The number of aromatic nitrogens is 2. The molecule has 1 fully saturated rings. The van der Waals surface area contributed by atoms with Gasteiger partial charge in [-0.15, -0.1) is 11.3 Å². The first-order valence-corrected chi connectivity index (χ1v) is 11.1. The lowest BCUT2D eigenvalue weighted by Crippen LogP contribution is -2.47. The van der Waals surface area contributed by atoms with Gasteiger partial charge in [0.1, 0.15) is 29.3 Å². The predicted molar refractivity (Wildman–Crippen MR) is 124 cm³/mol. The lowest BCUT2D eigenvalue weighted by atomic mass is 10.1. The number of amides is 1. The largest absolute Gasteiger partial charge is 0.495 e. The first kappa shape index (κ1) is 21.8. The van der Waals surface area contributed by atoms with E-state index >= 15 is 0 Å². The number of anilines is 2. The summed E-state index contributed by atoms with van der Waals surface area (Å²) in [6, 6.07) is 8.02. The normalized spacial score (nSPS) is 13.8. The van der Waals surface area contributed by atoms with Crippen LogP contribution in [-0.2, 0) is 9.53 Å². The first-order valence-electron chi connectivity index (χ1n) is 10.3. The van der Waals surface area contributed by atoms with Crippen LogP contribution in [0.5, 0.6) is 5.75 Å². The Morgan fingerprint density at radius 1 is 1.09 bits per heavy atom. The highest BCUT2D eigenvalue weighted by Crippen LogP contribution is 2.36. The average Bonchev–Trinajstić information content (AvgIpc) is 3.19. The molecule has 1 aliphatic heterocycles. The number of esters is 1. The number of piperazine rings is 1. The number of para-hydroxylation sites is 2. The third-order valence-electron chi connectivity index (χ3n) is 5.54. The second-order valence-electron chi connectivity index (χ2n) is 7.34. The minimum Gasteiger partial charge on any atom is -0.495 e. The van der Waals surface area contributed by atoms with Crippen molar-refractivity contribution in [1.29, 1.82) is 0 Å². The molecule has 0 aliphatic carbocycles. The molecule has 0 spiro atoms. The highest BCUT2D eigenvalue weighted by molar-refractivity contribution is 7.20. The van der Waals surface area contributed by atoms with Crippen molar-refractivity contribution >= 4 is 44.9 Å². The van der Waals surface area contributed by atoms with E-state index in [-0.39, 0.29) is 12.5 Å². The predicted octanol–water partition coefficient (Wildman–Crippen LogP) is 2.24. The van der Waals surface area contributed by atoms with E-state index in [1.165, 1.54) is 24.8 Å². The van der Waals surface area contributed by atoms with E-state index < -0.39 is 5.97 Å². The van der Waals surface area contributed by atoms with Crippen molar-refractivity contribution in [3.8, 4) is 5.75 Å². The molecule has 0 atom stereocenters. The third-order valence-corrected chi connectivity index (χ3v) is 6.74. The van der Waals surface area contributed by atoms with Crippen molar-refractivity contribution in [2.45, 2.75) is 6.92 Å². The smallest absolute Gasteiger partial charge is 0.325 e. The number of hydrogen-bond acceptors (Lipinski definition) is 9. The van der Waals surface area contributed by atoms with Crippen molar-refractivity contribution in [2.75, 3.05) is 56.7 Å². The zero-order chi connectivity index (χ0) is 22.7. The number of carbonyl (C=O) groups is 2. The molecular weight excluding hydrogens is 430 g/mol. The SMILES string of the molecule is COC(=O)CNC(=O)c1sc2ncnc(N3CCN(c4ccccc4OC)CC3)c2c1C. The Hall–Kier alpha value is -3.40. The molecule has 1 N–H and O–H groups in total. The molecule has 1 amide bonds. The molecule has 1 aliphatic rings. The fourth-order valence-corrected chi connectivity index (χ4v) is 4.92. The Labute approximate surface area is 190 Å². The molecule has 0 bridgehead atoms. The zero-order valence-corrected chi connectivity index (χ0v) is 19.1. The van der Waals surface area contributed by atoms with Crippen molar-refractivity contribution < 1.29 is 19.1 Å². The van der Waals surface area contributed by atoms with Crippen LogP contribution >= 0.6 is 11.3 Å². The van der Waals surface area contributed by atoms with Gasteiger partial charge in [-0.1, -0.05) is 12.1 Å². The van der Waals surface area contributed by atoms with E-state index in [1.807, 2.05) is 25.1 Å². The van der Waals surface area contributed by atoms with E-state index in [9.17, 15) is 9.59 Å². The quantitative estimate of drug-likeness (QED) is 0.566. The topological polar surface area (TPSA) is 96.9 Å². The molecule has 0 unspecified atom stereocenters. The minimum atomic E-state index is -0.495. The van der Waals surface area contributed by atoms with Gasteiger partial charge in [0.15, 0.2) is 0 Å². The summed E-state index contributed by atoms with van der Waals surface area (Å²) in [5.41, 5.74) is 1.90. The summed E-state index contributed by atoms with van der Waals surface area (Å²) in [6.07, 6.45) is 1.54. The van der Waals surface area contributed by atoms with Gasteiger partial charge in [-0.3, -0.25) is 9.59 Å². The molecule has 168 valence electrons. The van der Waals surface area contributed by atoms with Crippen LogP contribution in [0.25, 0.3) is 10.2 Å². The number of aryl methyl sites for hydroxylation is 1. The molecule has 3 heterocycles. The summed E-state index contributed by atoms with van der Waals surface area (Å²) in [5.74, 6) is 0.880. The number of methoxy groups -OCH3 is 2. The number of fused-ring (bicyclic) bond motifs is 1. The summed E-state index contributed by atoms with van der Waals surface area (Å²) >= 11 is 1.30.